The second kappa shape index (κ2) is 12.4. The van der Waals surface area contributed by atoms with Gasteiger partial charge in [-0.2, -0.15) is 0 Å². The van der Waals surface area contributed by atoms with Crippen LogP contribution in [0, 0.1) is 17.8 Å². The number of carbonyl (C=O) groups is 1. The molecule has 0 spiro atoms. The lowest BCUT2D eigenvalue weighted by Gasteiger charge is -2.16. The minimum absolute atomic E-state index is 0.429. The Morgan fingerprint density at radius 1 is 1.20 bits per heavy atom. The highest BCUT2D eigenvalue weighted by atomic mass is 32.1. The lowest BCUT2D eigenvalue weighted by atomic mass is 10.0. The molecule has 134 valence electrons. The number of carbonyl (C=O) groups excluding carboxylic acids is 1. The van der Waals surface area contributed by atoms with Gasteiger partial charge in [0.2, 0.25) is 0 Å². The SMILES string of the molecule is CC.CO.O=Cc1ccc(-c2cnc(C#CC3CCOCC3)s2)cc1. The van der Waals surface area contributed by atoms with Crippen LogP contribution in [0.25, 0.3) is 10.4 Å². The van der Waals surface area contributed by atoms with Gasteiger partial charge in [-0.25, -0.2) is 4.98 Å². The Morgan fingerprint density at radius 2 is 1.84 bits per heavy atom. The summed E-state index contributed by atoms with van der Waals surface area (Å²) < 4.78 is 5.33. The number of nitrogens with zero attached hydrogens (tertiary/aromatic N) is 1. The molecular formula is C20H25NO3S. The van der Waals surface area contributed by atoms with Gasteiger partial charge in [0.05, 0.1) is 4.88 Å². The number of aliphatic hydroxyl groups is 1. The number of hydrogen-bond donors (Lipinski definition) is 1. The first-order valence-electron chi connectivity index (χ1n) is 8.40. The van der Waals surface area contributed by atoms with Gasteiger partial charge < -0.3 is 9.84 Å². The number of benzene rings is 1. The molecule has 3 rings (SSSR count). The molecule has 1 saturated heterocycles. The second-order valence-corrected chi connectivity index (χ2v) is 5.96. The van der Waals surface area contributed by atoms with Crippen molar-refractivity contribution >= 4 is 17.6 Å². The maximum Gasteiger partial charge on any atom is 0.167 e. The minimum atomic E-state index is 0.429. The zero-order chi connectivity index (χ0) is 18.5. The molecular weight excluding hydrogens is 334 g/mol. The lowest BCUT2D eigenvalue weighted by molar-refractivity contribution is 0.0807. The van der Waals surface area contributed by atoms with Crippen LogP contribution in [0.3, 0.4) is 0 Å². The number of hydrogen-bond acceptors (Lipinski definition) is 5. The minimum Gasteiger partial charge on any atom is -0.400 e. The van der Waals surface area contributed by atoms with Gasteiger partial charge in [0, 0.05) is 38.0 Å². The van der Waals surface area contributed by atoms with E-state index in [2.05, 4.69) is 16.8 Å². The summed E-state index contributed by atoms with van der Waals surface area (Å²) in [5.74, 6) is 6.89. The number of thiazole rings is 1. The predicted molar refractivity (Wildman–Crippen MR) is 103 cm³/mol. The first-order valence-corrected chi connectivity index (χ1v) is 9.22. The van der Waals surface area contributed by atoms with Crippen LogP contribution in [0.2, 0.25) is 0 Å². The smallest absolute Gasteiger partial charge is 0.167 e. The van der Waals surface area contributed by atoms with Crippen molar-refractivity contribution in [2.75, 3.05) is 20.3 Å². The van der Waals surface area contributed by atoms with Crippen molar-refractivity contribution in [3.8, 4) is 22.3 Å². The number of rotatable bonds is 2. The molecule has 2 aromatic rings. The molecule has 0 bridgehead atoms. The molecule has 0 atom stereocenters. The van der Waals surface area contributed by atoms with Crippen LogP contribution >= 0.6 is 11.3 Å². The van der Waals surface area contributed by atoms with Gasteiger partial charge in [0.1, 0.15) is 6.29 Å². The van der Waals surface area contributed by atoms with Crippen LogP contribution in [0.1, 0.15) is 42.1 Å². The Bertz CT molecular complexity index is 677. The summed E-state index contributed by atoms with van der Waals surface area (Å²) in [5, 5.41) is 7.84. The van der Waals surface area contributed by atoms with Gasteiger partial charge in [-0.1, -0.05) is 44.0 Å². The molecule has 1 aliphatic rings. The predicted octanol–water partition coefficient (Wildman–Crippen LogP) is 4.04. The zero-order valence-electron chi connectivity index (χ0n) is 15.0. The summed E-state index contributed by atoms with van der Waals surface area (Å²) >= 11 is 1.58. The molecule has 0 saturated carbocycles. The average molecular weight is 359 g/mol. The Labute approximate surface area is 153 Å². The largest absolute Gasteiger partial charge is 0.400 e. The van der Waals surface area contributed by atoms with Crippen molar-refractivity contribution in [2.45, 2.75) is 26.7 Å². The van der Waals surface area contributed by atoms with Gasteiger partial charge in [0.25, 0.3) is 0 Å². The van der Waals surface area contributed by atoms with E-state index in [1.54, 1.807) is 11.3 Å². The molecule has 0 unspecified atom stereocenters. The van der Waals surface area contributed by atoms with Gasteiger partial charge in [-0.05, 0) is 24.3 Å². The highest BCUT2D eigenvalue weighted by molar-refractivity contribution is 7.15. The summed E-state index contributed by atoms with van der Waals surface area (Å²) in [7, 11) is 1.00. The van der Waals surface area contributed by atoms with Crippen LogP contribution in [0.15, 0.2) is 30.5 Å². The van der Waals surface area contributed by atoms with Gasteiger partial charge >= 0.3 is 0 Å². The van der Waals surface area contributed by atoms with E-state index in [1.807, 2.05) is 44.3 Å². The fourth-order valence-electron chi connectivity index (χ4n) is 2.20. The number of aldehydes is 1. The normalized spacial score (nSPS) is 13.3. The van der Waals surface area contributed by atoms with E-state index in [-0.39, 0.29) is 0 Å². The van der Waals surface area contributed by atoms with Crippen molar-refractivity contribution < 1.29 is 14.6 Å². The van der Waals surface area contributed by atoms with Crippen molar-refractivity contribution in [1.82, 2.24) is 4.98 Å². The fourth-order valence-corrected chi connectivity index (χ4v) is 2.98. The summed E-state index contributed by atoms with van der Waals surface area (Å²) in [6, 6.07) is 7.50. The first kappa shape index (κ1) is 21.0. The third-order valence-electron chi connectivity index (χ3n) is 3.44. The molecule has 1 aromatic carbocycles. The highest BCUT2D eigenvalue weighted by Crippen LogP contribution is 2.26. The van der Waals surface area contributed by atoms with Gasteiger partial charge in [-0.15, -0.1) is 11.3 Å². The maximum absolute atomic E-state index is 10.7. The monoisotopic (exact) mass is 359 g/mol. The number of ether oxygens (including phenoxy) is 1. The molecule has 1 fully saturated rings. The standard InChI is InChI=1S/C17H15NO2S.C2H6.CH4O/c19-12-14-1-4-15(5-2-14)16-11-18-17(21-16)6-3-13-7-9-20-10-8-13;2*1-2/h1-2,4-5,11-13H,7-10H2;1-2H3;2H,1H3. The van der Waals surface area contributed by atoms with Crippen LogP contribution in [0.5, 0.6) is 0 Å². The number of aliphatic hydroxyl groups excluding tert-OH is 1. The topological polar surface area (TPSA) is 59.4 Å². The van der Waals surface area contributed by atoms with Crippen molar-refractivity contribution in [3.63, 3.8) is 0 Å². The third-order valence-corrected chi connectivity index (χ3v) is 4.40. The fraction of sp³-hybridized carbons (Fsp3) is 0.400. The molecule has 0 aliphatic carbocycles. The molecule has 1 N–H and O–H groups in total. The molecule has 1 aliphatic heterocycles. The average Bonchev–Trinajstić information content (AvgIpc) is 3.19. The summed E-state index contributed by atoms with van der Waals surface area (Å²) in [6.45, 7) is 5.62. The molecule has 0 radical (unpaired) electrons. The Balaban J connectivity index is 0.000000730. The number of aromatic nitrogens is 1. The van der Waals surface area contributed by atoms with E-state index < -0.39 is 0 Å². The van der Waals surface area contributed by atoms with Gasteiger partial charge in [-0.3, -0.25) is 4.79 Å². The van der Waals surface area contributed by atoms with Crippen molar-refractivity contribution in [1.29, 1.82) is 0 Å². The van der Waals surface area contributed by atoms with E-state index in [9.17, 15) is 4.79 Å². The molecule has 2 heterocycles. The van der Waals surface area contributed by atoms with E-state index in [4.69, 9.17) is 9.84 Å². The van der Waals surface area contributed by atoms with Crippen LogP contribution in [-0.4, -0.2) is 36.7 Å². The maximum atomic E-state index is 10.7. The van der Waals surface area contributed by atoms with Gasteiger partial charge in [0.15, 0.2) is 5.01 Å². The Morgan fingerprint density at radius 3 is 2.44 bits per heavy atom. The van der Waals surface area contributed by atoms with Crippen LogP contribution in [-0.2, 0) is 4.74 Å². The molecule has 4 nitrogen and oxygen atoms in total. The Hall–Kier alpha value is -2.00. The van der Waals surface area contributed by atoms with E-state index in [0.717, 1.165) is 54.9 Å². The second-order valence-electron chi connectivity index (χ2n) is 4.93. The molecule has 25 heavy (non-hydrogen) atoms. The van der Waals surface area contributed by atoms with E-state index in [1.165, 1.54) is 0 Å². The van der Waals surface area contributed by atoms with E-state index >= 15 is 0 Å². The molecule has 0 amide bonds. The van der Waals surface area contributed by atoms with E-state index in [0.29, 0.717) is 11.5 Å². The lowest BCUT2D eigenvalue weighted by Crippen LogP contribution is -2.13. The first-order chi connectivity index (χ1) is 12.3. The Kier molecular flexibility index (Phi) is 10.4. The van der Waals surface area contributed by atoms with Crippen molar-refractivity contribution in [3.05, 3.63) is 41.0 Å². The molecule has 1 aromatic heterocycles. The quantitative estimate of drug-likeness (QED) is 0.649. The zero-order valence-corrected chi connectivity index (χ0v) is 15.8. The van der Waals surface area contributed by atoms with Crippen LogP contribution < -0.4 is 0 Å². The molecule has 5 heteroatoms. The summed E-state index contributed by atoms with van der Waals surface area (Å²) in [4.78, 5) is 16.1. The van der Waals surface area contributed by atoms with Crippen molar-refractivity contribution in [2.24, 2.45) is 5.92 Å². The summed E-state index contributed by atoms with van der Waals surface area (Å²) in [5.41, 5.74) is 1.75. The highest BCUT2D eigenvalue weighted by Gasteiger charge is 2.10. The van der Waals surface area contributed by atoms with Crippen LogP contribution in [0.4, 0.5) is 0 Å². The third kappa shape index (κ3) is 6.79. The summed E-state index contributed by atoms with van der Waals surface area (Å²) in [6.07, 6.45) is 4.71.